The number of ether oxygens (including phenoxy) is 2. The van der Waals surface area contributed by atoms with Gasteiger partial charge in [0.2, 0.25) is 5.95 Å². The van der Waals surface area contributed by atoms with Crippen LogP contribution in [0.2, 0.25) is 10.0 Å². The van der Waals surface area contributed by atoms with Gasteiger partial charge in [0, 0.05) is 5.56 Å². The SMILES string of the molecule is COc1nc(N)nc(-c2cc(OC)c(Cl)cc2Cl)n1. The first-order valence-corrected chi connectivity index (χ1v) is 5.89. The van der Waals surface area contributed by atoms with E-state index >= 15 is 0 Å². The molecule has 0 aliphatic carbocycles. The Morgan fingerprint density at radius 2 is 1.74 bits per heavy atom. The minimum atomic E-state index is 0.0341. The van der Waals surface area contributed by atoms with Crippen molar-refractivity contribution in [3.8, 4) is 23.1 Å². The zero-order valence-corrected chi connectivity index (χ0v) is 11.7. The Bertz CT molecular complexity index is 622. The summed E-state index contributed by atoms with van der Waals surface area (Å²) in [4.78, 5) is 11.9. The molecule has 2 aromatic rings. The Labute approximate surface area is 119 Å². The van der Waals surface area contributed by atoms with Crippen molar-refractivity contribution in [1.29, 1.82) is 0 Å². The van der Waals surface area contributed by atoms with Gasteiger partial charge in [-0.15, -0.1) is 0 Å². The lowest BCUT2D eigenvalue weighted by atomic mass is 10.2. The van der Waals surface area contributed by atoms with Gasteiger partial charge in [0.25, 0.3) is 0 Å². The molecule has 100 valence electrons. The smallest absolute Gasteiger partial charge is 0.321 e. The molecular formula is C11H10Cl2N4O2. The Morgan fingerprint density at radius 1 is 1.00 bits per heavy atom. The second kappa shape index (κ2) is 5.46. The van der Waals surface area contributed by atoms with Crippen molar-refractivity contribution in [3.05, 3.63) is 22.2 Å². The lowest BCUT2D eigenvalue weighted by Gasteiger charge is -2.09. The molecule has 1 aromatic carbocycles. The molecule has 19 heavy (non-hydrogen) atoms. The van der Waals surface area contributed by atoms with Gasteiger partial charge in [-0.05, 0) is 12.1 Å². The number of hydrogen-bond donors (Lipinski definition) is 1. The van der Waals surface area contributed by atoms with Crippen molar-refractivity contribution < 1.29 is 9.47 Å². The minimum Gasteiger partial charge on any atom is -0.495 e. The lowest BCUT2D eigenvalue weighted by Crippen LogP contribution is -2.03. The van der Waals surface area contributed by atoms with Crippen molar-refractivity contribution in [2.24, 2.45) is 0 Å². The van der Waals surface area contributed by atoms with Gasteiger partial charge >= 0.3 is 6.01 Å². The molecule has 0 unspecified atom stereocenters. The molecule has 8 heteroatoms. The van der Waals surface area contributed by atoms with E-state index in [1.165, 1.54) is 14.2 Å². The minimum absolute atomic E-state index is 0.0341. The summed E-state index contributed by atoms with van der Waals surface area (Å²) in [5, 5.41) is 0.767. The number of aromatic nitrogens is 3. The summed E-state index contributed by atoms with van der Waals surface area (Å²) in [5.41, 5.74) is 6.10. The summed E-state index contributed by atoms with van der Waals surface area (Å²) in [5.74, 6) is 0.773. The molecule has 0 spiro atoms. The van der Waals surface area contributed by atoms with E-state index in [1.807, 2.05) is 0 Å². The zero-order chi connectivity index (χ0) is 14.0. The van der Waals surface area contributed by atoms with E-state index in [4.69, 9.17) is 38.4 Å². The van der Waals surface area contributed by atoms with Gasteiger partial charge in [-0.25, -0.2) is 0 Å². The summed E-state index contributed by atoms with van der Waals surface area (Å²) < 4.78 is 10.1. The molecule has 2 N–H and O–H groups in total. The zero-order valence-electron chi connectivity index (χ0n) is 10.1. The molecule has 0 saturated carbocycles. The summed E-state index contributed by atoms with van der Waals surface area (Å²) in [6.45, 7) is 0. The third kappa shape index (κ3) is 2.80. The van der Waals surface area contributed by atoms with Crippen molar-refractivity contribution in [2.45, 2.75) is 0 Å². The van der Waals surface area contributed by atoms with Crippen LogP contribution in [0.1, 0.15) is 0 Å². The van der Waals surface area contributed by atoms with Crippen LogP contribution in [0.3, 0.4) is 0 Å². The molecule has 0 amide bonds. The Kier molecular flexibility index (Phi) is 3.92. The van der Waals surface area contributed by atoms with E-state index in [1.54, 1.807) is 12.1 Å². The molecule has 0 bridgehead atoms. The summed E-state index contributed by atoms with van der Waals surface area (Å²) in [7, 11) is 2.93. The molecule has 0 atom stereocenters. The fourth-order valence-corrected chi connectivity index (χ4v) is 1.99. The largest absolute Gasteiger partial charge is 0.495 e. The molecule has 6 nitrogen and oxygen atoms in total. The van der Waals surface area contributed by atoms with Crippen LogP contribution in [0.25, 0.3) is 11.4 Å². The average molecular weight is 301 g/mol. The predicted octanol–water partition coefficient (Wildman–Crippen LogP) is 2.44. The van der Waals surface area contributed by atoms with E-state index in [2.05, 4.69) is 15.0 Å². The van der Waals surface area contributed by atoms with Crippen LogP contribution in [-0.4, -0.2) is 29.2 Å². The summed E-state index contributed by atoms with van der Waals surface area (Å²) in [6.07, 6.45) is 0. The first-order valence-electron chi connectivity index (χ1n) is 5.14. The number of methoxy groups -OCH3 is 2. The highest BCUT2D eigenvalue weighted by atomic mass is 35.5. The molecule has 0 fully saturated rings. The van der Waals surface area contributed by atoms with Gasteiger partial charge in [-0.1, -0.05) is 23.2 Å². The van der Waals surface area contributed by atoms with E-state index in [9.17, 15) is 0 Å². The Balaban J connectivity index is 2.61. The monoisotopic (exact) mass is 300 g/mol. The molecule has 0 aliphatic rings. The number of hydrogen-bond acceptors (Lipinski definition) is 6. The quantitative estimate of drug-likeness (QED) is 0.937. The Morgan fingerprint density at radius 3 is 2.37 bits per heavy atom. The third-order valence-electron chi connectivity index (χ3n) is 2.30. The standard InChI is InChI=1S/C11H10Cl2N4O2/c1-18-8-3-5(6(12)4-7(8)13)9-15-10(14)17-11(16-9)19-2/h3-4H,1-2H3,(H2,14,15,16,17). The average Bonchev–Trinajstić information content (AvgIpc) is 2.38. The van der Waals surface area contributed by atoms with Crippen molar-refractivity contribution in [3.63, 3.8) is 0 Å². The predicted molar refractivity (Wildman–Crippen MR) is 72.8 cm³/mol. The van der Waals surface area contributed by atoms with Crippen LogP contribution >= 0.6 is 23.2 Å². The second-order valence-corrected chi connectivity index (χ2v) is 4.28. The van der Waals surface area contributed by atoms with Gasteiger partial charge in [0.15, 0.2) is 5.82 Å². The number of nitrogens with two attached hydrogens (primary N) is 1. The van der Waals surface area contributed by atoms with Crippen molar-refractivity contribution >= 4 is 29.2 Å². The summed E-state index contributed by atoms with van der Waals surface area (Å²) in [6, 6.07) is 3.27. The first kappa shape index (κ1) is 13.6. The van der Waals surface area contributed by atoms with E-state index in [0.29, 0.717) is 21.4 Å². The van der Waals surface area contributed by atoms with Crippen molar-refractivity contribution in [2.75, 3.05) is 20.0 Å². The van der Waals surface area contributed by atoms with Gasteiger partial charge in [0.1, 0.15) is 5.75 Å². The van der Waals surface area contributed by atoms with E-state index in [0.717, 1.165) is 0 Å². The number of benzene rings is 1. The van der Waals surface area contributed by atoms with Crippen LogP contribution in [-0.2, 0) is 0 Å². The van der Waals surface area contributed by atoms with E-state index in [-0.39, 0.29) is 17.8 Å². The molecule has 1 heterocycles. The fourth-order valence-electron chi connectivity index (χ4n) is 1.44. The molecular weight excluding hydrogens is 291 g/mol. The topological polar surface area (TPSA) is 83.2 Å². The number of halogens is 2. The fraction of sp³-hybridized carbons (Fsp3) is 0.182. The molecule has 2 rings (SSSR count). The summed E-state index contributed by atoms with van der Waals surface area (Å²) >= 11 is 12.1. The van der Waals surface area contributed by atoms with Crippen LogP contribution in [0.4, 0.5) is 5.95 Å². The highest BCUT2D eigenvalue weighted by molar-refractivity contribution is 6.37. The number of rotatable bonds is 3. The lowest BCUT2D eigenvalue weighted by molar-refractivity contribution is 0.379. The van der Waals surface area contributed by atoms with Gasteiger partial charge < -0.3 is 15.2 Å². The van der Waals surface area contributed by atoms with Crippen LogP contribution in [0.15, 0.2) is 12.1 Å². The highest BCUT2D eigenvalue weighted by Gasteiger charge is 2.14. The second-order valence-electron chi connectivity index (χ2n) is 3.47. The van der Waals surface area contributed by atoms with Gasteiger partial charge in [-0.3, -0.25) is 0 Å². The number of nitrogen functional groups attached to an aromatic ring is 1. The van der Waals surface area contributed by atoms with Gasteiger partial charge in [-0.2, -0.15) is 15.0 Å². The maximum Gasteiger partial charge on any atom is 0.321 e. The van der Waals surface area contributed by atoms with Gasteiger partial charge in [0.05, 0.1) is 24.3 Å². The van der Waals surface area contributed by atoms with E-state index < -0.39 is 0 Å². The van der Waals surface area contributed by atoms with Crippen molar-refractivity contribution in [1.82, 2.24) is 15.0 Å². The normalized spacial score (nSPS) is 10.3. The molecule has 1 aromatic heterocycles. The molecule has 0 radical (unpaired) electrons. The number of nitrogens with zero attached hydrogens (tertiary/aromatic N) is 3. The van der Waals surface area contributed by atoms with Crippen LogP contribution in [0, 0.1) is 0 Å². The van der Waals surface area contributed by atoms with Crippen LogP contribution in [0.5, 0.6) is 11.8 Å². The highest BCUT2D eigenvalue weighted by Crippen LogP contribution is 2.35. The maximum absolute atomic E-state index is 6.12. The maximum atomic E-state index is 6.12. The molecule has 0 aliphatic heterocycles. The Hall–Kier alpha value is -1.79. The van der Waals surface area contributed by atoms with Crippen LogP contribution < -0.4 is 15.2 Å². The number of anilines is 1. The first-order chi connectivity index (χ1) is 9.05. The molecule has 0 saturated heterocycles. The third-order valence-corrected chi connectivity index (χ3v) is 2.91.